The second kappa shape index (κ2) is 11.0. The summed E-state index contributed by atoms with van der Waals surface area (Å²) in [5, 5.41) is 7.42. The molecule has 2 heterocycles. The number of benzene rings is 1. The summed E-state index contributed by atoms with van der Waals surface area (Å²) >= 11 is 12.1. The van der Waals surface area contributed by atoms with Crippen LogP contribution in [-0.4, -0.2) is 33.8 Å². The van der Waals surface area contributed by atoms with Gasteiger partial charge in [-0.3, -0.25) is 24.9 Å². The van der Waals surface area contributed by atoms with Gasteiger partial charge in [-0.15, -0.1) is 0 Å². The Kier molecular flexibility index (Phi) is 8.10. The fraction of sp³-hybridized carbons (Fsp3) is 0.174. The number of pyridine rings is 1. The highest BCUT2D eigenvalue weighted by atomic mass is 35.5. The van der Waals surface area contributed by atoms with Crippen molar-refractivity contribution < 1.29 is 14.1 Å². The van der Waals surface area contributed by atoms with Crippen LogP contribution < -0.4 is 22.5 Å². The maximum absolute atomic E-state index is 12.4. The summed E-state index contributed by atoms with van der Waals surface area (Å²) in [5.74, 6) is -1.10. The molecular weight excluding hydrogens is 493 g/mol. The first-order valence-electron chi connectivity index (χ1n) is 10.4. The standard InChI is InChI=1S/C23H23Cl2N7O3/c1-11(2)30-22(27)20(23(28)34)21(26)12-3-5-14(29-10-12)8-18(33)31-19-9-17(32-35-19)15-6-4-13(24)7-16(15)25/h3-7,9-11H,8,26H2,1-2H3,(H2,27,30)(H2,28,34)(H,31,33). The van der Waals surface area contributed by atoms with Gasteiger partial charge in [0.05, 0.1) is 17.1 Å². The van der Waals surface area contributed by atoms with Crippen LogP contribution in [0.2, 0.25) is 10.0 Å². The minimum Gasteiger partial charge on any atom is -0.397 e. The number of amides is 2. The SMILES string of the molecule is CC(C)N=C(N)C(C(N)=O)=C(N)c1ccc(CC(=O)Nc2cc(-c3ccc(Cl)cc3Cl)no2)nc1. The summed E-state index contributed by atoms with van der Waals surface area (Å²) in [6, 6.07) is 9.54. The van der Waals surface area contributed by atoms with Crippen molar-refractivity contribution in [3.8, 4) is 11.3 Å². The van der Waals surface area contributed by atoms with Gasteiger partial charge < -0.3 is 21.7 Å². The molecule has 12 heteroatoms. The lowest BCUT2D eigenvalue weighted by molar-refractivity contribution is -0.116. The molecular formula is C23H23Cl2N7O3. The van der Waals surface area contributed by atoms with Gasteiger partial charge >= 0.3 is 0 Å². The number of aliphatic imine (C=N–C) groups is 1. The van der Waals surface area contributed by atoms with Crippen molar-refractivity contribution in [2.24, 2.45) is 22.2 Å². The molecule has 2 amide bonds. The molecule has 35 heavy (non-hydrogen) atoms. The summed E-state index contributed by atoms with van der Waals surface area (Å²) in [7, 11) is 0. The summed E-state index contributed by atoms with van der Waals surface area (Å²) in [5.41, 5.74) is 19.3. The monoisotopic (exact) mass is 515 g/mol. The lowest BCUT2D eigenvalue weighted by Crippen LogP contribution is -2.30. The van der Waals surface area contributed by atoms with E-state index in [-0.39, 0.29) is 41.4 Å². The van der Waals surface area contributed by atoms with Crippen molar-refractivity contribution in [3.05, 3.63) is 69.5 Å². The van der Waals surface area contributed by atoms with E-state index in [0.29, 0.717) is 32.6 Å². The second-order valence-corrected chi connectivity index (χ2v) is 8.57. The predicted octanol–water partition coefficient (Wildman–Crippen LogP) is 3.15. The molecule has 10 nitrogen and oxygen atoms in total. The fourth-order valence-electron chi connectivity index (χ4n) is 3.08. The van der Waals surface area contributed by atoms with Crippen LogP contribution in [0.25, 0.3) is 17.0 Å². The van der Waals surface area contributed by atoms with E-state index in [4.69, 9.17) is 44.9 Å². The molecule has 0 saturated heterocycles. The molecule has 7 N–H and O–H groups in total. The van der Waals surface area contributed by atoms with Gasteiger partial charge in [-0.1, -0.05) is 28.4 Å². The number of carbonyl (C=O) groups is 2. The quantitative estimate of drug-likeness (QED) is 0.202. The van der Waals surface area contributed by atoms with E-state index in [1.165, 1.54) is 6.20 Å². The van der Waals surface area contributed by atoms with Crippen molar-refractivity contribution in [1.82, 2.24) is 10.1 Å². The van der Waals surface area contributed by atoms with Gasteiger partial charge in [0, 0.05) is 40.1 Å². The van der Waals surface area contributed by atoms with Crippen LogP contribution in [0.3, 0.4) is 0 Å². The van der Waals surface area contributed by atoms with Crippen molar-refractivity contribution in [3.63, 3.8) is 0 Å². The second-order valence-electron chi connectivity index (χ2n) is 7.72. The zero-order valence-corrected chi connectivity index (χ0v) is 20.4. The summed E-state index contributed by atoms with van der Waals surface area (Å²) < 4.78 is 5.18. The van der Waals surface area contributed by atoms with E-state index in [2.05, 4.69) is 20.4 Å². The van der Waals surface area contributed by atoms with Gasteiger partial charge in [-0.05, 0) is 44.2 Å². The maximum Gasteiger partial charge on any atom is 0.254 e. The first-order chi connectivity index (χ1) is 16.5. The normalized spacial score (nSPS) is 12.4. The number of halogens is 2. The Bertz CT molecular complexity index is 1310. The van der Waals surface area contributed by atoms with Crippen molar-refractivity contribution >= 4 is 52.4 Å². The van der Waals surface area contributed by atoms with E-state index in [9.17, 15) is 9.59 Å². The molecule has 2 aromatic heterocycles. The van der Waals surface area contributed by atoms with Crippen LogP contribution in [0, 0.1) is 0 Å². The van der Waals surface area contributed by atoms with Crippen LogP contribution in [0.1, 0.15) is 25.1 Å². The largest absolute Gasteiger partial charge is 0.397 e. The first-order valence-corrected chi connectivity index (χ1v) is 11.1. The van der Waals surface area contributed by atoms with Crippen molar-refractivity contribution in [1.29, 1.82) is 0 Å². The molecule has 3 aromatic rings. The van der Waals surface area contributed by atoms with E-state index in [1.54, 1.807) is 50.2 Å². The summed E-state index contributed by atoms with van der Waals surface area (Å²) in [6.45, 7) is 3.60. The Labute approximate surface area is 211 Å². The van der Waals surface area contributed by atoms with Gasteiger partial charge in [0.25, 0.3) is 5.91 Å². The number of anilines is 1. The zero-order chi connectivity index (χ0) is 25.7. The molecule has 0 aliphatic heterocycles. The van der Waals surface area contributed by atoms with Crippen molar-refractivity contribution in [2.45, 2.75) is 26.3 Å². The zero-order valence-electron chi connectivity index (χ0n) is 18.9. The maximum atomic E-state index is 12.4. The van der Waals surface area contributed by atoms with Crippen molar-refractivity contribution in [2.75, 3.05) is 5.32 Å². The summed E-state index contributed by atoms with van der Waals surface area (Å²) in [4.78, 5) is 32.7. The number of hydrogen-bond acceptors (Lipinski definition) is 7. The Balaban J connectivity index is 1.70. The summed E-state index contributed by atoms with van der Waals surface area (Å²) in [6.07, 6.45) is 1.36. The smallest absolute Gasteiger partial charge is 0.254 e. The number of nitrogens with one attached hydrogen (secondary N) is 1. The van der Waals surface area contributed by atoms with E-state index in [0.717, 1.165) is 0 Å². The third kappa shape index (κ3) is 6.58. The van der Waals surface area contributed by atoms with Gasteiger partial charge in [0.1, 0.15) is 17.1 Å². The Morgan fingerprint density at radius 2 is 1.86 bits per heavy atom. The number of rotatable bonds is 8. The van der Waals surface area contributed by atoms with Crippen LogP contribution in [0.4, 0.5) is 5.88 Å². The minimum atomic E-state index is -0.806. The number of carbonyl (C=O) groups excluding carboxylic acids is 2. The molecule has 0 bridgehead atoms. The molecule has 0 aliphatic rings. The highest BCUT2D eigenvalue weighted by Gasteiger charge is 2.18. The molecule has 0 saturated carbocycles. The number of amidine groups is 1. The van der Waals surface area contributed by atoms with E-state index >= 15 is 0 Å². The van der Waals surface area contributed by atoms with Gasteiger partial charge in [0.15, 0.2) is 0 Å². The molecule has 182 valence electrons. The molecule has 0 aliphatic carbocycles. The molecule has 0 radical (unpaired) electrons. The first kappa shape index (κ1) is 25.7. The van der Waals surface area contributed by atoms with Crippen LogP contribution in [-0.2, 0) is 16.0 Å². The van der Waals surface area contributed by atoms with E-state index in [1.807, 2.05) is 0 Å². The highest BCUT2D eigenvalue weighted by Crippen LogP contribution is 2.31. The van der Waals surface area contributed by atoms with Crippen LogP contribution in [0.15, 0.2) is 57.7 Å². The van der Waals surface area contributed by atoms with Gasteiger partial charge in [0.2, 0.25) is 11.8 Å². The number of nitrogens with two attached hydrogens (primary N) is 3. The third-order valence-electron chi connectivity index (χ3n) is 4.63. The molecule has 0 fully saturated rings. The number of primary amides is 1. The van der Waals surface area contributed by atoms with E-state index < -0.39 is 5.91 Å². The average molecular weight is 516 g/mol. The van der Waals surface area contributed by atoms with Crippen LogP contribution >= 0.6 is 23.2 Å². The number of nitrogens with zero attached hydrogens (tertiary/aromatic N) is 3. The number of hydrogen-bond donors (Lipinski definition) is 4. The predicted molar refractivity (Wildman–Crippen MR) is 136 cm³/mol. The molecule has 0 spiro atoms. The third-order valence-corrected chi connectivity index (χ3v) is 5.17. The van der Waals surface area contributed by atoms with Crippen LogP contribution in [0.5, 0.6) is 0 Å². The molecule has 0 unspecified atom stereocenters. The molecule has 0 atom stereocenters. The lowest BCUT2D eigenvalue weighted by Gasteiger charge is -2.10. The number of aromatic nitrogens is 2. The Morgan fingerprint density at radius 3 is 2.46 bits per heavy atom. The van der Waals surface area contributed by atoms with Gasteiger partial charge in [-0.2, -0.15) is 0 Å². The topological polar surface area (TPSA) is 176 Å². The van der Waals surface area contributed by atoms with Gasteiger partial charge in [-0.25, -0.2) is 0 Å². The highest BCUT2D eigenvalue weighted by molar-refractivity contribution is 6.36. The Hall–Kier alpha value is -3.89. The molecule has 3 rings (SSSR count). The fourth-order valence-corrected chi connectivity index (χ4v) is 3.58. The Morgan fingerprint density at radius 1 is 1.11 bits per heavy atom. The lowest BCUT2D eigenvalue weighted by atomic mass is 10.1. The average Bonchev–Trinajstić information content (AvgIpc) is 3.21. The minimum absolute atomic E-state index is 0.0398. The molecule has 1 aromatic carbocycles.